The number of amides is 1. The van der Waals surface area contributed by atoms with Crippen LogP contribution in [0.4, 0.5) is 0 Å². The number of aryl methyl sites for hydroxylation is 1. The maximum absolute atomic E-state index is 13.3. The zero-order valence-corrected chi connectivity index (χ0v) is 18.6. The molecule has 2 fully saturated rings. The average Bonchev–Trinajstić information content (AvgIpc) is 3.29. The molecule has 32 heavy (non-hydrogen) atoms. The second-order valence-electron chi connectivity index (χ2n) is 9.37. The van der Waals surface area contributed by atoms with Crippen LogP contribution in [-0.2, 0) is 16.0 Å². The molecule has 2 unspecified atom stereocenters. The summed E-state index contributed by atoms with van der Waals surface area (Å²) >= 11 is 0. The Morgan fingerprint density at radius 2 is 1.84 bits per heavy atom. The molecule has 5 nitrogen and oxygen atoms in total. The van der Waals surface area contributed by atoms with Gasteiger partial charge in [0.25, 0.3) is 11.7 Å². The highest BCUT2D eigenvalue weighted by Crippen LogP contribution is 2.43. The number of rotatable bonds is 3. The van der Waals surface area contributed by atoms with Crippen molar-refractivity contribution in [1.29, 1.82) is 0 Å². The molecule has 2 aromatic rings. The number of aliphatic hydroxyl groups is 1. The minimum Gasteiger partial charge on any atom is -0.507 e. The summed E-state index contributed by atoms with van der Waals surface area (Å²) in [7, 11) is 0. The van der Waals surface area contributed by atoms with Crippen molar-refractivity contribution in [2.45, 2.75) is 70.6 Å². The topological polar surface area (TPSA) is 66.8 Å². The average molecular weight is 432 g/mol. The van der Waals surface area contributed by atoms with Gasteiger partial charge in [-0.25, -0.2) is 0 Å². The fraction of sp³-hybridized carbons (Fsp3) is 0.407. The lowest BCUT2D eigenvalue weighted by atomic mass is 9.90. The first-order valence-corrected chi connectivity index (χ1v) is 11.6. The third-order valence-corrected chi connectivity index (χ3v) is 6.98. The molecule has 3 aliphatic rings. The van der Waals surface area contributed by atoms with Gasteiger partial charge in [0.2, 0.25) is 0 Å². The van der Waals surface area contributed by atoms with Gasteiger partial charge in [0.05, 0.1) is 11.6 Å². The maximum Gasteiger partial charge on any atom is 0.295 e. The van der Waals surface area contributed by atoms with Gasteiger partial charge in [-0.2, -0.15) is 0 Å². The van der Waals surface area contributed by atoms with Gasteiger partial charge < -0.3 is 14.7 Å². The van der Waals surface area contributed by atoms with Crippen LogP contribution < -0.4 is 4.74 Å². The van der Waals surface area contributed by atoms with E-state index in [0.717, 1.165) is 61.0 Å². The molecule has 2 aromatic carbocycles. The molecular formula is C27H29NO4. The second kappa shape index (κ2) is 8.12. The van der Waals surface area contributed by atoms with Gasteiger partial charge in [-0.05, 0) is 56.0 Å². The zero-order chi connectivity index (χ0) is 22.4. The van der Waals surface area contributed by atoms with Gasteiger partial charge in [-0.1, -0.05) is 49.1 Å². The smallest absolute Gasteiger partial charge is 0.295 e. The second-order valence-corrected chi connectivity index (χ2v) is 9.37. The first-order chi connectivity index (χ1) is 15.4. The van der Waals surface area contributed by atoms with E-state index in [1.807, 2.05) is 50.2 Å². The zero-order valence-electron chi connectivity index (χ0n) is 18.6. The van der Waals surface area contributed by atoms with E-state index in [9.17, 15) is 14.7 Å². The van der Waals surface area contributed by atoms with Gasteiger partial charge in [0.15, 0.2) is 0 Å². The minimum absolute atomic E-state index is 0.0188. The SMILES string of the molecule is Cc1cccc(C2/C(=C(/O)c3ccc4c(c3)CC(C)O4)C(=O)C(=O)N2C2CCCCC2)c1. The molecule has 1 saturated carbocycles. The third-order valence-electron chi connectivity index (χ3n) is 6.98. The van der Waals surface area contributed by atoms with E-state index in [1.54, 1.807) is 11.0 Å². The minimum atomic E-state index is -0.593. The summed E-state index contributed by atoms with van der Waals surface area (Å²) in [5, 5.41) is 11.4. The van der Waals surface area contributed by atoms with E-state index in [4.69, 9.17) is 4.74 Å². The molecule has 2 aliphatic heterocycles. The van der Waals surface area contributed by atoms with Crippen molar-refractivity contribution in [2.75, 3.05) is 0 Å². The lowest BCUT2D eigenvalue weighted by molar-refractivity contribution is -0.141. The normalized spacial score (nSPS) is 25.1. The number of benzene rings is 2. The molecule has 1 aliphatic carbocycles. The Kier molecular flexibility index (Phi) is 5.28. The third kappa shape index (κ3) is 3.50. The number of likely N-dealkylation sites (tertiary alicyclic amines) is 1. The summed E-state index contributed by atoms with van der Waals surface area (Å²) in [4.78, 5) is 28.3. The summed E-state index contributed by atoms with van der Waals surface area (Å²) in [6, 6.07) is 12.8. The number of carbonyl (C=O) groups excluding carboxylic acids is 2. The summed E-state index contributed by atoms with van der Waals surface area (Å²) < 4.78 is 5.78. The van der Waals surface area contributed by atoms with Gasteiger partial charge >= 0.3 is 0 Å². The first-order valence-electron chi connectivity index (χ1n) is 11.6. The standard InChI is InChI=1S/C27H29NO4/c1-16-7-6-8-18(13-16)24-23(26(30)27(31)28(24)21-9-4-3-5-10-21)25(29)19-11-12-22-20(15-19)14-17(2)32-22/h6-8,11-13,15,17,21,24,29H,3-5,9-10,14H2,1-2H3/b25-23-. The molecule has 0 aromatic heterocycles. The Morgan fingerprint density at radius 1 is 1.06 bits per heavy atom. The number of nitrogens with zero attached hydrogens (tertiary/aromatic N) is 1. The highest BCUT2D eigenvalue weighted by Gasteiger charge is 2.48. The summed E-state index contributed by atoms with van der Waals surface area (Å²) in [5.74, 6) is -0.379. The van der Waals surface area contributed by atoms with Crippen LogP contribution >= 0.6 is 0 Å². The number of ketones is 1. The van der Waals surface area contributed by atoms with E-state index in [-0.39, 0.29) is 23.5 Å². The van der Waals surface area contributed by atoms with Gasteiger partial charge in [-0.3, -0.25) is 9.59 Å². The van der Waals surface area contributed by atoms with Crippen molar-refractivity contribution in [3.05, 3.63) is 70.3 Å². The predicted molar refractivity (Wildman–Crippen MR) is 122 cm³/mol. The molecule has 0 spiro atoms. The number of aliphatic hydroxyl groups excluding tert-OH is 1. The molecule has 1 N–H and O–H groups in total. The molecule has 5 rings (SSSR count). The Bertz CT molecular complexity index is 1110. The number of hydrogen-bond acceptors (Lipinski definition) is 4. The molecule has 1 saturated heterocycles. The largest absolute Gasteiger partial charge is 0.507 e. The molecule has 1 amide bonds. The van der Waals surface area contributed by atoms with E-state index < -0.39 is 17.7 Å². The Balaban J connectivity index is 1.64. The van der Waals surface area contributed by atoms with Crippen molar-refractivity contribution in [1.82, 2.24) is 4.90 Å². The van der Waals surface area contributed by atoms with Crippen LogP contribution in [0.3, 0.4) is 0 Å². The monoisotopic (exact) mass is 431 g/mol. The number of carbonyl (C=O) groups is 2. The van der Waals surface area contributed by atoms with Crippen LogP contribution in [0.5, 0.6) is 5.75 Å². The molecule has 2 heterocycles. The van der Waals surface area contributed by atoms with Crippen molar-refractivity contribution in [3.8, 4) is 5.75 Å². The maximum atomic E-state index is 13.3. The first kappa shape index (κ1) is 20.8. The van der Waals surface area contributed by atoms with Crippen LogP contribution in [0, 0.1) is 6.92 Å². The predicted octanol–water partition coefficient (Wildman–Crippen LogP) is 5.07. The Morgan fingerprint density at radius 3 is 2.59 bits per heavy atom. The van der Waals surface area contributed by atoms with Crippen molar-refractivity contribution < 1.29 is 19.4 Å². The van der Waals surface area contributed by atoms with Crippen molar-refractivity contribution in [3.63, 3.8) is 0 Å². The highest BCUT2D eigenvalue weighted by molar-refractivity contribution is 6.46. The number of hydrogen-bond donors (Lipinski definition) is 1. The van der Waals surface area contributed by atoms with Crippen LogP contribution in [-0.4, -0.2) is 33.8 Å². The fourth-order valence-corrected chi connectivity index (χ4v) is 5.48. The van der Waals surface area contributed by atoms with Crippen LogP contribution in [0.25, 0.3) is 5.76 Å². The van der Waals surface area contributed by atoms with Gasteiger partial charge in [0, 0.05) is 18.0 Å². The molecule has 166 valence electrons. The van der Waals surface area contributed by atoms with Crippen LogP contribution in [0.1, 0.15) is 67.3 Å². The van der Waals surface area contributed by atoms with E-state index in [0.29, 0.717) is 5.56 Å². The summed E-state index contributed by atoms with van der Waals surface area (Å²) in [5.41, 5.74) is 3.68. The number of Topliss-reactive ketones (excluding diaryl/α,β-unsaturated/α-hetero) is 1. The highest BCUT2D eigenvalue weighted by atomic mass is 16.5. The number of fused-ring (bicyclic) bond motifs is 1. The quantitative estimate of drug-likeness (QED) is 0.418. The molecular weight excluding hydrogens is 402 g/mol. The Labute approximate surface area is 188 Å². The van der Waals surface area contributed by atoms with Crippen LogP contribution in [0.2, 0.25) is 0 Å². The van der Waals surface area contributed by atoms with Gasteiger partial charge in [-0.15, -0.1) is 0 Å². The van der Waals surface area contributed by atoms with Crippen molar-refractivity contribution in [2.24, 2.45) is 0 Å². The fourth-order valence-electron chi connectivity index (χ4n) is 5.48. The lowest BCUT2D eigenvalue weighted by Crippen LogP contribution is -2.40. The molecule has 0 radical (unpaired) electrons. The Hall–Kier alpha value is -3.08. The van der Waals surface area contributed by atoms with E-state index in [1.165, 1.54) is 0 Å². The van der Waals surface area contributed by atoms with Crippen LogP contribution in [0.15, 0.2) is 48.0 Å². The van der Waals surface area contributed by atoms with Gasteiger partial charge in [0.1, 0.15) is 17.6 Å². The van der Waals surface area contributed by atoms with Crippen molar-refractivity contribution >= 4 is 17.4 Å². The lowest BCUT2D eigenvalue weighted by Gasteiger charge is -2.35. The summed E-state index contributed by atoms with van der Waals surface area (Å²) in [6.07, 6.45) is 5.90. The molecule has 2 atom stereocenters. The number of ether oxygens (including phenoxy) is 1. The molecule has 0 bridgehead atoms. The van der Waals surface area contributed by atoms with E-state index in [2.05, 4.69) is 0 Å². The molecule has 5 heteroatoms. The summed E-state index contributed by atoms with van der Waals surface area (Å²) in [6.45, 7) is 4.00. The van der Waals surface area contributed by atoms with E-state index >= 15 is 0 Å².